The summed E-state index contributed by atoms with van der Waals surface area (Å²) in [5, 5.41) is 8.21. The molecule has 0 spiro atoms. The molecule has 7 heteroatoms. The number of benzene rings is 2. The Bertz CT molecular complexity index is 936. The molecule has 1 aromatic heterocycles. The molecule has 1 amide bonds. The van der Waals surface area contributed by atoms with Crippen molar-refractivity contribution in [2.45, 2.75) is 20.0 Å². The number of rotatable bonds is 6. The lowest BCUT2D eigenvalue weighted by Gasteiger charge is -2.19. The summed E-state index contributed by atoms with van der Waals surface area (Å²) >= 11 is 0. The fourth-order valence-corrected chi connectivity index (χ4v) is 2.87. The van der Waals surface area contributed by atoms with E-state index in [9.17, 15) is 4.79 Å². The maximum atomic E-state index is 12.8. The third kappa shape index (κ3) is 3.33. The van der Waals surface area contributed by atoms with E-state index in [1.165, 1.54) is 0 Å². The third-order valence-corrected chi connectivity index (χ3v) is 4.31. The van der Waals surface area contributed by atoms with Crippen LogP contribution < -0.4 is 9.47 Å². The topological polar surface area (TPSA) is 69.5 Å². The normalized spacial score (nSPS) is 10.8. The van der Waals surface area contributed by atoms with E-state index in [1.807, 2.05) is 37.3 Å². The number of carbonyl (C=O) groups excluding carboxylic acids is 1. The van der Waals surface area contributed by atoms with Gasteiger partial charge in [0.1, 0.15) is 17.0 Å². The minimum absolute atomic E-state index is 0.0872. The molecule has 0 bridgehead atoms. The van der Waals surface area contributed by atoms with Crippen LogP contribution in [0.1, 0.15) is 22.8 Å². The van der Waals surface area contributed by atoms with Gasteiger partial charge in [-0.05, 0) is 37.3 Å². The van der Waals surface area contributed by atoms with Crippen molar-refractivity contribution in [3.05, 3.63) is 47.5 Å². The number of hydrogen-bond donors (Lipinski definition) is 0. The van der Waals surface area contributed by atoms with Crippen LogP contribution in [0.5, 0.6) is 11.5 Å². The predicted octanol–water partition coefficient (Wildman–Crippen LogP) is 2.74. The summed E-state index contributed by atoms with van der Waals surface area (Å²) < 4.78 is 12.4. The third-order valence-electron chi connectivity index (χ3n) is 4.31. The van der Waals surface area contributed by atoms with E-state index in [1.54, 1.807) is 36.9 Å². The largest absolute Gasteiger partial charge is 0.497 e. The van der Waals surface area contributed by atoms with E-state index in [0.29, 0.717) is 29.1 Å². The molecule has 0 saturated carbocycles. The van der Waals surface area contributed by atoms with Crippen molar-refractivity contribution >= 4 is 16.9 Å². The van der Waals surface area contributed by atoms with Crippen LogP contribution in [0.4, 0.5) is 0 Å². The van der Waals surface area contributed by atoms with Crippen molar-refractivity contribution in [2.75, 3.05) is 21.3 Å². The van der Waals surface area contributed by atoms with Crippen LogP contribution in [-0.4, -0.2) is 47.1 Å². The van der Waals surface area contributed by atoms with Gasteiger partial charge in [-0.15, -0.1) is 5.10 Å². The Morgan fingerprint density at radius 2 is 1.96 bits per heavy atom. The fourth-order valence-electron chi connectivity index (χ4n) is 2.87. The summed E-state index contributed by atoms with van der Waals surface area (Å²) in [6, 6.07) is 11.0. The molecule has 0 aliphatic carbocycles. The number of nitrogens with zero attached hydrogens (tertiary/aromatic N) is 4. The molecule has 0 radical (unpaired) electrons. The van der Waals surface area contributed by atoms with Crippen LogP contribution in [0.2, 0.25) is 0 Å². The summed E-state index contributed by atoms with van der Waals surface area (Å²) in [5.41, 5.74) is 3.12. The van der Waals surface area contributed by atoms with Crippen molar-refractivity contribution < 1.29 is 14.3 Å². The zero-order valence-electron chi connectivity index (χ0n) is 15.4. The molecule has 0 unspecified atom stereocenters. The van der Waals surface area contributed by atoms with Crippen LogP contribution in [0, 0.1) is 0 Å². The second kappa shape index (κ2) is 7.43. The zero-order valence-corrected chi connectivity index (χ0v) is 15.4. The Kier molecular flexibility index (Phi) is 5.06. The van der Waals surface area contributed by atoms with Crippen LogP contribution in [0.25, 0.3) is 11.0 Å². The molecule has 0 atom stereocenters. The van der Waals surface area contributed by atoms with E-state index in [0.717, 1.165) is 17.6 Å². The average molecular weight is 354 g/mol. The first-order chi connectivity index (χ1) is 12.6. The Morgan fingerprint density at radius 1 is 1.15 bits per heavy atom. The lowest BCUT2D eigenvalue weighted by Crippen LogP contribution is -2.26. The van der Waals surface area contributed by atoms with Crippen LogP contribution in [0.3, 0.4) is 0 Å². The summed E-state index contributed by atoms with van der Waals surface area (Å²) in [6.07, 6.45) is 0. The van der Waals surface area contributed by atoms with Crippen molar-refractivity contribution in [1.29, 1.82) is 0 Å². The molecular weight excluding hydrogens is 332 g/mol. The van der Waals surface area contributed by atoms with Gasteiger partial charge in [-0.2, -0.15) is 0 Å². The highest BCUT2D eigenvalue weighted by atomic mass is 16.5. The first-order valence-electron chi connectivity index (χ1n) is 8.37. The number of amides is 1. The molecule has 3 aromatic rings. The second-order valence-corrected chi connectivity index (χ2v) is 5.95. The molecule has 3 rings (SSSR count). The zero-order chi connectivity index (χ0) is 18.7. The molecule has 0 N–H and O–H groups in total. The van der Waals surface area contributed by atoms with E-state index in [4.69, 9.17) is 9.47 Å². The first-order valence-corrected chi connectivity index (χ1v) is 8.37. The molecule has 1 heterocycles. The van der Waals surface area contributed by atoms with E-state index in [2.05, 4.69) is 10.3 Å². The molecule has 136 valence electrons. The van der Waals surface area contributed by atoms with Gasteiger partial charge in [-0.3, -0.25) is 4.79 Å². The predicted molar refractivity (Wildman–Crippen MR) is 98.5 cm³/mol. The van der Waals surface area contributed by atoms with Gasteiger partial charge >= 0.3 is 0 Å². The van der Waals surface area contributed by atoms with Gasteiger partial charge < -0.3 is 14.4 Å². The smallest absolute Gasteiger partial charge is 0.253 e. The summed E-state index contributed by atoms with van der Waals surface area (Å²) in [5.74, 6) is 1.31. The minimum atomic E-state index is -0.0872. The average Bonchev–Trinajstić information content (AvgIpc) is 3.09. The molecule has 2 aromatic carbocycles. The second-order valence-electron chi connectivity index (χ2n) is 5.95. The Hall–Kier alpha value is -3.09. The Balaban J connectivity index is 1.81. The van der Waals surface area contributed by atoms with Crippen molar-refractivity contribution in [3.63, 3.8) is 0 Å². The number of aromatic nitrogens is 3. The molecular formula is C19H22N4O3. The van der Waals surface area contributed by atoms with Gasteiger partial charge in [0.15, 0.2) is 0 Å². The van der Waals surface area contributed by atoms with Crippen molar-refractivity contribution in [3.8, 4) is 11.5 Å². The lowest BCUT2D eigenvalue weighted by atomic mass is 10.1. The van der Waals surface area contributed by atoms with Crippen molar-refractivity contribution in [1.82, 2.24) is 19.9 Å². The minimum Gasteiger partial charge on any atom is -0.497 e. The highest BCUT2D eigenvalue weighted by molar-refractivity contribution is 5.97. The maximum absolute atomic E-state index is 12.8. The summed E-state index contributed by atoms with van der Waals surface area (Å²) in [4.78, 5) is 14.4. The number of methoxy groups -OCH3 is 2. The first kappa shape index (κ1) is 17.7. The van der Waals surface area contributed by atoms with Gasteiger partial charge in [0.2, 0.25) is 0 Å². The lowest BCUT2D eigenvalue weighted by molar-refractivity contribution is 0.0784. The number of aryl methyl sites for hydroxylation is 1. The Labute approximate surface area is 152 Å². The van der Waals surface area contributed by atoms with Gasteiger partial charge in [-0.25, -0.2) is 4.68 Å². The highest BCUT2D eigenvalue weighted by Gasteiger charge is 2.16. The number of hydrogen-bond acceptors (Lipinski definition) is 5. The summed E-state index contributed by atoms with van der Waals surface area (Å²) in [6.45, 7) is 3.16. The quantitative estimate of drug-likeness (QED) is 0.681. The number of ether oxygens (including phenoxy) is 2. The molecule has 0 aliphatic heterocycles. The molecule has 0 aliphatic rings. The van der Waals surface area contributed by atoms with Crippen molar-refractivity contribution in [2.24, 2.45) is 0 Å². The highest BCUT2D eigenvalue weighted by Crippen LogP contribution is 2.26. The number of carbonyl (C=O) groups is 1. The van der Waals surface area contributed by atoms with E-state index in [-0.39, 0.29) is 5.91 Å². The molecule has 26 heavy (non-hydrogen) atoms. The van der Waals surface area contributed by atoms with E-state index >= 15 is 0 Å². The SMILES string of the molecule is CCn1nnc2cc(C(=O)N(C)Cc3ccc(OC)cc3OC)ccc21. The maximum Gasteiger partial charge on any atom is 0.253 e. The molecule has 0 fully saturated rings. The van der Waals surface area contributed by atoms with E-state index < -0.39 is 0 Å². The van der Waals surface area contributed by atoms with Gasteiger partial charge in [0.25, 0.3) is 5.91 Å². The monoisotopic (exact) mass is 354 g/mol. The van der Waals surface area contributed by atoms with Crippen LogP contribution >= 0.6 is 0 Å². The Morgan fingerprint density at radius 3 is 2.65 bits per heavy atom. The fraction of sp³-hybridized carbons (Fsp3) is 0.316. The van der Waals surface area contributed by atoms with Gasteiger partial charge in [0.05, 0.1) is 19.7 Å². The summed E-state index contributed by atoms with van der Waals surface area (Å²) in [7, 11) is 4.97. The van der Waals surface area contributed by atoms with Crippen LogP contribution in [-0.2, 0) is 13.1 Å². The molecule has 0 saturated heterocycles. The van der Waals surface area contributed by atoms with Gasteiger partial charge in [-0.1, -0.05) is 5.21 Å². The molecule has 7 nitrogen and oxygen atoms in total. The number of fused-ring (bicyclic) bond motifs is 1. The standard InChI is InChI=1S/C19H22N4O3/c1-5-23-17-9-7-13(10-16(17)20-21-23)19(24)22(2)12-14-6-8-15(25-3)11-18(14)26-4/h6-11H,5,12H2,1-4H3. The van der Waals surface area contributed by atoms with Gasteiger partial charge in [0, 0.05) is 37.3 Å². The van der Waals surface area contributed by atoms with Crippen LogP contribution in [0.15, 0.2) is 36.4 Å².